The van der Waals surface area contributed by atoms with Crippen LogP contribution in [0.3, 0.4) is 0 Å². The van der Waals surface area contributed by atoms with Gasteiger partial charge in [0.05, 0.1) is 6.04 Å². The van der Waals surface area contributed by atoms with Crippen molar-refractivity contribution in [3.63, 3.8) is 0 Å². The first kappa shape index (κ1) is 12.7. The van der Waals surface area contributed by atoms with Gasteiger partial charge in [-0.15, -0.1) is 0 Å². The van der Waals surface area contributed by atoms with Gasteiger partial charge in [0, 0.05) is 6.54 Å². The van der Waals surface area contributed by atoms with Crippen molar-refractivity contribution in [2.24, 2.45) is 5.73 Å². The van der Waals surface area contributed by atoms with Crippen LogP contribution in [0.4, 0.5) is 0 Å². The summed E-state index contributed by atoms with van der Waals surface area (Å²) in [4.78, 5) is 11.5. The smallest absolute Gasteiger partial charge is 0.237 e. The number of benzene rings is 1. The lowest BCUT2D eigenvalue weighted by Crippen LogP contribution is -2.40. The molecule has 0 aliphatic rings. The average Bonchev–Trinajstić information content (AvgIpc) is 2.28. The summed E-state index contributed by atoms with van der Waals surface area (Å²) in [6.07, 6.45) is 1.67. The van der Waals surface area contributed by atoms with Gasteiger partial charge >= 0.3 is 0 Å². The van der Waals surface area contributed by atoms with Crippen molar-refractivity contribution in [1.82, 2.24) is 5.32 Å². The summed E-state index contributed by atoms with van der Waals surface area (Å²) in [7, 11) is 0. The van der Waals surface area contributed by atoms with Crippen LogP contribution in [0.5, 0.6) is 0 Å². The Kier molecular flexibility index (Phi) is 4.99. The maximum absolute atomic E-state index is 11.5. The molecule has 1 amide bonds. The SMILES string of the molecule is CCC[C@H](N)C(=O)NCc1ccc(C)cc1. The number of amides is 1. The van der Waals surface area contributed by atoms with Gasteiger partial charge in [-0.25, -0.2) is 0 Å². The van der Waals surface area contributed by atoms with Crippen LogP contribution in [-0.4, -0.2) is 11.9 Å². The molecule has 0 saturated carbocycles. The van der Waals surface area contributed by atoms with Crippen molar-refractivity contribution in [3.05, 3.63) is 35.4 Å². The van der Waals surface area contributed by atoms with Gasteiger partial charge < -0.3 is 11.1 Å². The molecule has 0 unspecified atom stereocenters. The van der Waals surface area contributed by atoms with E-state index in [9.17, 15) is 4.79 Å². The molecule has 0 spiro atoms. The Hall–Kier alpha value is -1.35. The Labute approximate surface area is 97.0 Å². The van der Waals surface area contributed by atoms with Crippen LogP contribution in [-0.2, 0) is 11.3 Å². The predicted octanol–water partition coefficient (Wildman–Crippen LogP) is 1.74. The number of carbonyl (C=O) groups is 1. The first-order valence-corrected chi connectivity index (χ1v) is 5.72. The van der Waals surface area contributed by atoms with Crippen LogP contribution >= 0.6 is 0 Å². The highest BCUT2D eigenvalue weighted by molar-refractivity contribution is 5.81. The fraction of sp³-hybridized carbons (Fsp3) is 0.462. The van der Waals surface area contributed by atoms with E-state index in [-0.39, 0.29) is 11.9 Å². The second-order valence-corrected chi connectivity index (χ2v) is 4.10. The van der Waals surface area contributed by atoms with E-state index in [1.54, 1.807) is 0 Å². The summed E-state index contributed by atoms with van der Waals surface area (Å²) in [5.41, 5.74) is 8.02. The molecule has 0 saturated heterocycles. The van der Waals surface area contributed by atoms with Crippen molar-refractivity contribution in [2.45, 2.75) is 39.3 Å². The van der Waals surface area contributed by atoms with Crippen molar-refractivity contribution < 1.29 is 4.79 Å². The van der Waals surface area contributed by atoms with E-state index in [0.29, 0.717) is 6.54 Å². The molecule has 1 aromatic rings. The van der Waals surface area contributed by atoms with Gasteiger partial charge in [-0.2, -0.15) is 0 Å². The number of rotatable bonds is 5. The second kappa shape index (κ2) is 6.28. The highest BCUT2D eigenvalue weighted by atomic mass is 16.2. The molecule has 3 N–H and O–H groups in total. The van der Waals surface area contributed by atoms with Gasteiger partial charge in [0.1, 0.15) is 0 Å². The maximum atomic E-state index is 11.5. The van der Waals surface area contributed by atoms with E-state index < -0.39 is 0 Å². The van der Waals surface area contributed by atoms with Gasteiger partial charge in [0.2, 0.25) is 5.91 Å². The molecular formula is C13H20N2O. The van der Waals surface area contributed by atoms with E-state index in [2.05, 4.69) is 5.32 Å². The highest BCUT2D eigenvalue weighted by Gasteiger charge is 2.10. The molecule has 16 heavy (non-hydrogen) atoms. The summed E-state index contributed by atoms with van der Waals surface area (Å²) in [6.45, 7) is 4.61. The first-order valence-electron chi connectivity index (χ1n) is 5.72. The Balaban J connectivity index is 2.39. The Bertz CT molecular complexity index is 332. The van der Waals surface area contributed by atoms with Gasteiger partial charge in [-0.3, -0.25) is 4.79 Å². The minimum atomic E-state index is -0.379. The molecule has 0 aliphatic carbocycles. The number of nitrogens with one attached hydrogen (secondary N) is 1. The average molecular weight is 220 g/mol. The third kappa shape index (κ3) is 4.03. The highest BCUT2D eigenvalue weighted by Crippen LogP contribution is 2.02. The predicted molar refractivity (Wildman–Crippen MR) is 65.9 cm³/mol. The molecule has 0 radical (unpaired) electrons. The monoisotopic (exact) mass is 220 g/mol. The molecule has 3 nitrogen and oxygen atoms in total. The molecule has 1 rings (SSSR count). The molecule has 0 bridgehead atoms. The lowest BCUT2D eigenvalue weighted by atomic mass is 10.1. The fourth-order valence-electron chi connectivity index (χ4n) is 1.47. The maximum Gasteiger partial charge on any atom is 0.237 e. The Morgan fingerprint density at radius 1 is 1.38 bits per heavy atom. The van der Waals surface area contributed by atoms with Gasteiger partial charge in [0.15, 0.2) is 0 Å². The van der Waals surface area contributed by atoms with Gasteiger partial charge in [-0.1, -0.05) is 43.2 Å². The summed E-state index contributed by atoms with van der Waals surface area (Å²) in [5.74, 6) is -0.0672. The van der Waals surface area contributed by atoms with E-state index in [4.69, 9.17) is 5.73 Å². The van der Waals surface area contributed by atoms with Gasteiger partial charge in [0.25, 0.3) is 0 Å². The van der Waals surface area contributed by atoms with Crippen LogP contribution < -0.4 is 11.1 Å². The van der Waals surface area contributed by atoms with E-state index in [1.165, 1.54) is 5.56 Å². The molecule has 0 fully saturated rings. The summed E-state index contributed by atoms with van der Waals surface area (Å²) in [5, 5.41) is 2.84. The second-order valence-electron chi connectivity index (χ2n) is 4.10. The van der Waals surface area contributed by atoms with Crippen molar-refractivity contribution in [3.8, 4) is 0 Å². The van der Waals surface area contributed by atoms with Crippen molar-refractivity contribution >= 4 is 5.91 Å². The topological polar surface area (TPSA) is 55.1 Å². The van der Waals surface area contributed by atoms with Crippen LogP contribution in [0.1, 0.15) is 30.9 Å². The molecule has 3 heteroatoms. The largest absolute Gasteiger partial charge is 0.351 e. The van der Waals surface area contributed by atoms with E-state index in [1.807, 2.05) is 38.1 Å². The lowest BCUT2D eigenvalue weighted by Gasteiger charge is -2.11. The first-order chi connectivity index (χ1) is 7.63. The lowest BCUT2D eigenvalue weighted by molar-refractivity contribution is -0.122. The molecule has 1 aromatic carbocycles. The third-order valence-corrected chi connectivity index (χ3v) is 2.52. The van der Waals surface area contributed by atoms with Crippen molar-refractivity contribution in [1.29, 1.82) is 0 Å². The fourth-order valence-corrected chi connectivity index (χ4v) is 1.47. The quantitative estimate of drug-likeness (QED) is 0.794. The van der Waals surface area contributed by atoms with Crippen molar-refractivity contribution in [2.75, 3.05) is 0 Å². The summed E-state index contributed by atoms with van der Waals surface area (Å²) < 4.78 is 0. The molecule has 1 atom stereocenters. The number of aryl methyl sites for hydroxylation is 1. The van der Waals surface area contributed by atoms with Crippen LogP contribution in [0.25, 0.3) is 0 Å². The van der Waals surface area contributed by atoms with Crippen LogP contribution in [0.15, 0.2) is 24.3 Å². The number of hydrogen-bond donors (Lipinski definition) is 2. The number of nitrogens with two attached hydrogens (primary N) is 1. The number of carbonyl (C=O) groups excluding carboxylic acids is 1. The van der Waals surface area contributed by atoms with Gasteiger partial charge in [-0.05, 0) is 18.9 Å². The zero-order chi connectivity index (χ0) is 12.0. The summed E-state index contributed by atoms with van der Waals surface area (Å²) in [6, 6.07) is 7.72. The molecule has 0 aliphatic heterocycles. The minimum Gasteiger partial charge on any atom is -0.351 e. The Morgan fingerprint density at radius 2 is 2.00 bits per heavy atom. The molecule has 88 valence electrons. The van der Waals surface area contributed by atoms with E-state index in [0.717, 1.165) is 18.4 Å². The standard InChI is InChI=1S/C13H20N2O/c1-3-4-12(14)13(16)15-9-11-7-5-10(2)6-8-11/h5-8,12H,3-4,9,14H2,1-2H3,(H,15,16)/t12-/m0/s1. The Morgan fingerprint density at radius 3 is 2.56 bits per heavy atom. The zero-order valence-electron chi connectivity index (χ0n) is 9.99. The van der Waals surface area contributed by atoms with Crippen LogP contribution in [0, 0.1) is 6.92 Å². The summed E-state index contributed by atoms with van der Waals surface area (Å²) >= 11 is 0. The molecule has 0 aromatic heterocycles. The van der Waals surface area contributed by atoms with Crippen LogP contribution in [0.2, 0.25) is 0 Å². The molecular weight excluding hydrogens is 200 g/mol. The zero-order valence-corrected chi connectivity index (χ0v) is 9.99. The minimum absolute atomic E-state index is 0.0672. The normalized spacial score (nSPS) is 12.2. The number of hydrogen-bond acceptors (Lipinski definition) is 2. The third-order valence-electron chi connectivity index (χ3n) is 2.52. The van der Waals surface area contributed by atoms with E-state index >= 15 is 0 Å². The molecule has 0 heterocycles.